The van der Waals surface area contributed by atoms with E-state index in [1.54, 1.807) is 31.6 Å². The summed E-state index contributed by atoms with van der Waals surface area (Å²) in [5.74, 6) is 0.977. The molecule has 0 spiro atoms. The SMILES string of the molecule is COc1cc(C)c(CNC(=O)c2ccc3c(c2)CNCCCCCCCN3C(=O)c2cccnc2)cc1C(C)C. The molecule has 2 aromatic carbocycles. The zero-order valence-corrected chi connectivity index (χ0v) is 24.3. The maximum Gasteiger partial charge on any atom is 0.259 e. The normalized spacial score (nSPS) is 14.6. The number of carbonyl (C=O) groups is 2. The van der Waals surface area contributed by atoms with Crippen LogP contribution in [0.5, 0.6) is 5.75 Å². The molecule has 0 saturated heterocycles. The Balaban J connectivity index is 1.59. The number of hydrogen-bond acceptors (Lipinski definition) is 5. The van der Waals surface area contributed by atoms with Gasteiger partial charge in [0.2, 0.25) is 0 Å². The molecule has 2 amide bonds. The molecule has 0 unspecified atom stereocenters. The third kappa shape index (κ3) is 7.27. The van der Waals surface area contributed by atoms with E-state index in [-0.39, 0.29) is 11.8 Å². The minimum atomic E-state index is -0.139. The van der Waals surface area contributed by atoms with E-state index in [1.165, 1.54) is 6.42 Å². The molecule has 0 atom stereocenters. The minimum Gasteiger partial charge on any atom is -0.496 e. The Kier molecular flexibility index (Phi) is 10.3. The van der Waals surface area contributed by atoms with Gasteiger partial charge in [0.25, 0.3) is 11.8 Å². The van der Waals surface area contributed by atoms with Crippen LogP contribution in [-0.2, 0) is 13.1 Å². The summed E-state index contributed by atoms with van der Waals surface area (Å²) in [4.78, 5) is 32.9. The van der Waals surface area contributed by atoms with Crippen LogP contribution < -0.4 is 20.3 Å². The highest BCUT2D eigenvalue weighted by molar-refractivity contribution is 6.06. The number of nitrogens with one attached hydrogen (secondary N) is 2. The highest BCUT2D eigenvalue weighted by Gasteiger charge is 2.22. The molecular weight excluding hydrogens is 500 g/mol. The summed E-state index contributed by atoms with van der Waals surface area (Å²) in [6, 6.07) is 13.4. The van der Waals surface area contributed by atoms with Crippen LogP contribution in [0.4, 0.5) is 5.69 Å². The summed E-state index contributed by atoms with van der Waals surface area (Å²) in [5, 5.41) is 6.63. The second-order valence-corrected chi connectivity index (χ2v) is 10.8. The largest absolute Gasteiger partial charge is 0.496 e. The zero-order chi connectivity index (χ0) is 28.5. The van der Waals surface area contributed by atoms with Gasteiger partial charge in [-0.15, -0.1) is 0 Å². The Morgan fingerprint density at radius 1 is 1.05 bits per heavy atom. The van der Waals surface area contributed by atoms with E-state index < -0.39 is 0 Å². The molecule has 0 saturated carbocycles. The molecule has 0 radical (unpaired) electrons. The third-order valence-electron chi connectivity index (χ3n) is 7.59. The number of nitrogens with zero attached hydrogens (tertiary/aromatic N) is 2. The topological polar surface area (TPSA) is 83.6 Å². The van der Waals surface area contributed by atoms with Gasteiger partial charge in [0, 0.05) is 43.3 Å². The Labute approximate surface area is 238 Å². The molecule has 0 bridgehead atoms. The summed E-state index contributed by atoms with van der Waals surface area (Å²) in [7, 11) is 1.69. The van der Waals surface area contributed by atoms with Gasteiger partial charge < -0.3 is 20.3 Å². The fourth-order valence-corrected chi connectivity index (χ4v) is 5.22. The number of rotatable bonds is 6. The van der Waals surface area contributed by atoms with Crippen molar-refractivity contribution in [1.82, 2.24) is 15.6 Å². The highest BCUT2D eigenvalue weighted by atomic mass is 16.5. The maximum absolute atomic E-state index is 13.6. The van der Waals surface area contributed by atoms with Crippen LogP contribution in [0, 0.1) is 6.92 Å². The number of carbonyl (C=O) groups excluding carboxylic acids is 2. The smallest absolute Gasteiger partial charge is 0.259 e. The summed E-state index contributed by atoms with van der Waals surface area (Å²) in [6.07, 6.45) is 8.75. The fraction of sp³-hybridized carbons (Fsp3) is 0.424. The summed E-state index contributed by atoms with van der Waals surface area (Å²) >= 11 is 0. The molecule has 0 aliphatic carbocycles. The summed E-state index contributed by atoms with van der Waals surface area (Å²) in [5.41, 5.74) is 6.19. The van der Waals surface area contributed by atoms with Crippen LogP contribution in [0.3, 0.4) is 0 Å². The first-order chi connectivity index (χ1) is 19.4. The van der Waals surface area contributed by atoms with E-state index in [9.17, 15) is 9.59 Å². The van der Waals surface area contributed by atoms with Crippen molar-refractivity contribution in [3.8, 4) is 5.75 Å². The van der Waals surface area contributed by atoms with Crippen molar-refractivity contribution in [2.75, 3.05) is 25.1 Å². The van der Waals surface area contributed by atoms with E-state index in [1.807, 2.05) is 36.1 Å². The van der Waals surface area contributed by atoms with E-state index >= 15 is 0 Å². The molecule has 2 heterocycles. The molecular formula is C33H42N4O3. The number of amides is 2. The number of anilines is 1. The van der Waals surface area contributed by atoms with Gasteiger partial charge in [-0.05, 0) is 96.9 Å². The number of aromatic nitrogens is 1. The van der Waals surface area contributed by atoms with Gasteiger partial charge in [-0.2, -0.15) is 0 Å². The van der Waals surface area contributed by atoms with Crippen molar-refractivity contribution in [1.29, 1.82) is 0 Å². The van der Waals surface area contributed by atoms with E-state index in [0.717, 1.165) is 65.9 Å². The molecule has 3 aromatic rings. The van der Waals surface area contributed by atoms with Crippen molar-refractivity contribution >= 4 is 17.5 Å². The lowest BCUT2D eigenvalue weighted by atomic mass is 9.96. The van der Waals surface area contributed by atoms with Crippen molar-refractivity contribution in [3.63, 3.8) is 0 Å². The number of pyridine rings is 1. The van der Waals surface area contributed by atoms with E-state index in [4.69, 9.17) is 4.74 Å². The lowest BCUT2D eigenvalue weighted by Gasteiger charge is -2.26. The van der Waals surface area contributed by atoms with Gasteiger partial charge >= 0.3 is 0 Å². The second kappa shape index (κ2) is 14.1. The zero-order valence-electron chi connectivity index (χ0n) is 24.3. The first-order valence-corrected chi connectivity index (χ1v) is 14.4. The molecule has 7 heteroatoms. The number of hydrogen-bond donors (Lipinski definition) is 2. The number of fused-ring (bicyclic) bond motifs is 1. The molecule has 1 aromatic heterocycles. The molecule has 212 valence electrons. The number of benzene rings is 2. The predicted octanol–water partition coefficient (Wildman–Crippen LogP) is 6.15. The summed E-state index contributed by atoms with van der Waals surface area (Å²) in [6.45, 7) is 8.85. The quantitative estimate of drug-likeness (QED) is 0.390. The van der Waals surface area contributed by atoms with E-state index in [0.29, 0.717) is 36.7 Å². The monoisotopic (exact) mass is 542 g/mol. The van der Waals surface area contributed by atoms with Gasteiger partial charge in [0.05, 0.1) is 12.7 Å². The lowest BCUT2D eigenvalue weighted by Crippen LogP contribution is -2.34. The number of ether oxygens (including phenoxy) is 1. The average molecular weight is 543 g/mol. The molecule has 1 aliphatic rings. The van der Waals surface area contributed by atoms with Crippen LogP contribution in [0.25, 0.3) is 0 Å². The molecule has 0 fully saturated rings. The summed E-state index contributed by atoms with van der Waals surface area (Å²) < 4.78 is 5.57. The van der Waals surface area contributed by atoms with Crippen LogP contribution in [0.15, 0.2) is 54.9 Å². The molecule has 2 N–H and O–H groups in total. The van der Waals surface area contributed by atoms with Crippen molar-refractivity contribution in [2.45, 2.75) is 71.9 Å². The van der Waals surface area contributed by atoms with Crippen molar-refractivity contribution in [2.24, 2.45) is 0 Å². The number of aryl methyl sites for hydroxylation is 1. The fourth-order valence-electron chi connectivity index (χ4n) is 5.22. The average Bonchev–Trinajstić information content (AvgIpc) is 2.96. The predicted molar refractivity (Wildman–Crippen MR) is 160 cm³/mol. The highest BCUT2D eigenvalue weighted by Crippen LogP contribution is 2.30. The first kappa shape index (κ1) is 29.3. The van der Waals surface area contributed by atoms with Crippen LogP contribution >= 0.6 is 0 Å². The molecule has 40 heavy (non-hydrogen) atoms. The van der Waals surface area contributed by atoms with Crippen LogP contribution in [0.2, 0.25) is 0 Å². The molecule has 4 rings (SSSR count). The Morgan fingerprint density at radius 3 is 2.60 bits per heavy atom. The van der Waals surface area contributed by atoms with Crippen LogP contribution in [0.1, 0.15) is 94.8 Å². The Bertz CT molecular complexity index is 1310. The minimum absolute atomic E-state index is 0.0699. The molecule has 1 aliphatic heterocycles. The Morgan fingerprint density at radius 2 is 1.85 bits per heavy atom. The third-order valence-corrected chi connectivity index (χ3v) is 7.59. The molecule has 7 nitrogen and oxygen atoms in total. The maximum atomic E-state index is 13.6. The van der Waals surface area contributed by atoms with Gasteiger partial charge in [-0.3, -0.25) is 14.6 Å². The first-order valence-electron chi connectivity index (χ1n) is 14.4. The van der Waals surface area contributed by atoms with Gasteiger partial charge in [0.15, 0.2) is 0 Å². The van der Waals surface area contributed by atoms with Crippen molar-refractivity contribution < 1.29 is 14.3 Å². The standard InChI is InChI=1S/C33H42N4O3/c1-23(2)29-19-27(24(3)17-31(29)40-4)22-36-32(38)25-12-13-30-28(18-25)21-34-14-8-6-5-7-9-16-37(30)33(39)26-11-10-15-35-20-26/h10-13,15,17-20,23,34H,5-9,14,16,21-22H2,1-4H3,(H,36,38). The number of methoxy groups -OCH3 is 1. The second-order valence-electron chi connectivity index (χ2n) is 10.8. The van der Waals surface area contributed by atoms with Gasteiger partial charge in [0.1, 0.15) is 5.75 Å². The Hall–Kier alpha value is -3.71. The van der Waals surface area contributed by atoms with E-state index in [2.05, 4.69) is 35.5 Å². The van der Waals surface area contributed by atoms with Gasteiger partial charge in [-0.1, -0.05) is 33.1 Å². The lowest BCUT2D eigenvalue weighted by molar-refractivity contribution is 0.0949. The van der Waals surface area contributed by atoms with Crippen molar-refractivity contribution in [3.05, 3.63) is 88.2 Å². The van der Waals surface area contributed by atoms with Crippen LogP contribution in [-0.4, -0.2) is 37.0 Å². The van der Waals surface area contributed by atoms with Gasteiger partial charge in [-0.25, -0.2) is 0 Å².